The lowest BCUT2D eigenvalue weighted by Gasteiger charge is -2.35. The lowest BCUT2D eigenvalue weighted by molar-refractivity contribution is 0.00500. The molecule has 5 nitrogen and oxygen atoms in total. The molecule has 0 aliphatic heterocycles. The van der Waals surface area contributed by atoms with Crippen LogP contribution in [0.1, 0.15) is 39.5 Å². The highest BCUT2D eigenvalue weighted by atomic mass is 35.5. The van der Waals surface area contributed by atoms with E-state index >= 15 is 0 Å². The number of anilines is 1. The molecule has 1 aliphatic carbocycles. The second-order valence-electron chi connectivity index (χ2n) is 5.75. The lowest BCUT2D eigenvalue weighted by atomic mass is 9.79. The highest BCUT2D eigenvalue weighted by Crippen LogP contribution is 2.32. The van der Waals surface area contributed by atoms with Gasteiger partial charge in [0.05, 0.1) is 17.5 Å². The summed E-state index contributed by atoms with van der Waals surface area (Å²) in [6.45, 7) is 4.93. The summed E-state index contributed by atoms with van der Waals surface area (Å²) < 4.78 is 1.31. The maximum atomic E-state index is 11.9. The summed E-state index contributed by atoms with van der Waals surface area (Å²) >= 11 is 6.05. The second-order valence-corrected chi connectivity index (χ2v) is 6.13. The van der Waals surface area contributed by atoms with Crippen LogP contribution in [0.15, 0.2) is 11.0 Å². The van der Waals surface area contributed by atoms with Crippen LogP contribution < -0.4 is 10.9 Å². The summed E-state index contributed by atoms with van der Waals surface area (Å²) in [5.74, 6) is 0.675. The van der Waals surface area contributed by atoms with Gasteiger partial charge in [-0.25, -0.2) is 4.68 Å². The van der Waals surface area contributed by atoms with E-state index < -0.39 is 5.60 Å². The normalized spacial score (nSPS) is 26.5. The lowest BCUT2D eigenvalue weighted by Crippen LogP contribution is -2.40. The summed E-state index contributed by atoms with van der Waals surface area (Å²) in [7, 11) is 0. The third-order valence-electron chi connectivity index (χ3n) is 4.10. The number of nitrogens with one attached hydrogen (secondary N) is 1. The van der Waals surface area contributed by atoms with Gasteiger partial charge in [0.1, 0.15) is 5.02 Å². The van der Waals surface area contributed by atoms with E-state index in [0.29, 0.717) is 24.7 Å². The molecule has 0 saturated heterocycles. The molecule has 1 fully saturated rings. The number of aromatic nitrogens is 2. The SMILES string of the molecule is CCn1ncc(NCC2(O)CCC(C)CC2)c(Cl)c1=O. The van der Waals surface area contributed by atoms with Crippen LogP contribution in [0, 0.1) is 5.92 Å². The first-order valence-corrected chi connectivity index (χ1v) is 7.55. The molecule has 0 unspecified atom stereocenters. The third kappa shape index (κ3) is 3.33. The van der Waals surface area contributed by atoms with Gasteiger partial charge in [-0.05, 0) is 38.5 Å². The fourth-order valence-electron chi connectivity index (χ4n) is 2.55. The molecule has 20 heavy (non-hydrogen) atoms. The van der Waals surface area contributed by atoms with E-state index in [9.17, 15) is 9.90 Å². The Balaban J connectivity index is 2.04. The molecule has 1 aromatic heterocycles. The van der Waals surface area contributed by atoms with Gasteiger partial charge in [0, 0.05) is 13.1 Å². The Morgan fingerprint density at radius 2 is 2.20 bits per heavy atom. The average Bonchev–Trinajstić information content (AvgIpc) is 2.44. The van der Waals surface area contributed by atoms with Crippen LogP contribution in [-0.2, 0) is 6.54 Å². The maximum absolute atomic E-state index is 11.9. The van der Waals surface area contributed by atoms with Gasteiger partial charge in [-0.15, -0.1) is 0 Å². The minimum absolute atomic E-state index is 0.134. The zero-order valence-electron chi connectivity index (χ0n) is 12.0. The van der Waals surface area contributed by atoms with E-state index in [0.717, 1.165) is 25.7 Å². The number of hydrogen-bond donors (Lipinski definition) is 2. The fraction of sp³-hybridized carbons (Fsp3) is 0.714. The third-order valence-corrected chi connectivity index (χ3v) is 4.46. The Bertz CT molecular complexity index is 522. The molecule has 2 N–H and O–H groups in total. The zero-order chi connectivity index (χ0) is 14.8. The predicted molar refractivity (Wildman–Crippen MR) is 80.3 cm³/mol. The smallest absolute Gasteiger partial charge is 0.287 e. The first-order valence-electron chi connectivity index (χ1n) is 7.17. The van der Waals surface area contributed by atoms with Crippen molar-refractivity contribution in [2.45, 2.75) is 51.7 Å². The van der Waals surface area contributed by atoms with Crippen molar-refractivity contribution in [1.29, 1.82) is 0 Å². The quantitative estimate of drug-likeness (QED) is 0.895. The number of aryl methyl sites for hydroxylation is 1. The van der Waals surface area contributed by atoms with Crippen molar-refractivity contribution in [2.75, 3.05) is 11.9 Å². The number of aliphatic hydroxyl groups is 1. The predicted octanol–water partition coefficient (Wildman–Crippen LogP) is 2.27. The van der Waals surface area contributed by atoms with E-state index in [1.165, 1.54) is 4.68 Å². The van der Waals surface area contributed by atoms with Gasteiger partial charge in [0.25, 0.3) is 5.56 Å². The van der Waals surface area contributed by atoms with Crippen LogP contribution in [0.25, 0.3) is 0 Å². The Labute approximate surface area is 124 Å². The van der Waals surface area contributed by atoms with Crippen molar-refractivity contribution in [2.24, 2.45) is 5.92 Å². The van der Waals surface area contributed by atoms with Crippen molar-refractivity contribution in [3.63, 3.8) is 0 Å². The minimum Gasteiger partial charge on any atom is -0.388 e. The summed E-state index contributed by atoms with van der Waals surface area (Å²) in [6.07, 6.45) is 5.15. The molecule has 2 rings (SSSR count). The van der Waals surface area contributed by atoms with Crippen molar-refractivity contribution in [3.05, 3.63) is 21.6 Å². The zero-order valence-corrected chi connectivity index (χ0v) is 12.8. The summed E-state index contributed by atoms with van der Waals surface area (Å²) in [6, 6.07) is 0. The standard InChI is InChI=1S/C14H22ClN3O2/c1-3-18-13(19)12(15)11(8-17-18)16-9-14(20)6-4-10(2)5-7-14/h8,10,16,20H,3-7,9H2,1-2H3. The van der Waals surface area contributed by atoms with Crippen LogP contribution >= 0.6 is 11.6 Å². The molecule has 0 spiro atoms. The highest BCUT2D eigenvalue weighted by Gasteiger charge is 2.31. The second kappa shape index (κ2) is 6.14. The molecule has 0 radical (unpaired) electrons. The molecule has 1 saturated carbocycles. The highest BCUT2D eigenvalue weighted by molar-refractivity contribution is 6.32. The average molecular weight is 300 g/mol. The van der Waals surface area contributed by atoms with Crippen molar-refractivity contribution in [3.8, 4) is 0 Å². The van der Waals surface area contributed by atoms with Crippen molar-refractivity contribution >= 4 is 17.3 Å². The Morgan fingerprint density at radius 3 is 2.80 bits per heavy atom. The topological polar surface area (TPSA) is 67.2 Å². The van der Waals surface area contributed by atoms with Gasteiger partial charge in [-0.2, -0.15) is 5.10 Å². The van der Waals surface area contributed by atoms with E-state index in [4.69, 9.17) is 11.6 Å². The first-order chi connectivity index (χ1) is 9.45. The van der Waals surface area contributed by atoms with Gasteiger partial charge in [0.15, 0.2) is 0 Å². The largest absolute Gasteiger partial charge is 0.388 e. The first kappa shape index (κ1) is 15.3. The summed E-state index contributed by atoms with van der Waals surface area (Å²) in [5.41, 5.74) is -0.521. The van der Waals surface area contributed by atoms with Crippen molar-refractivity contribution in [1.82, 2.24) is 9.78 Å². The Morgan fingerprint density at radius 1 is 1.55 bits per heavy atom. The monoisotopic (exact) mass is 299 g/mol. The van der Waals surface area contributed by atoms with Gasteiger partial charge in [-0.1, -0.05) is 18.5 Å². The molecule has 1 heterocycles. The number of hydrogen-bond acceptors (Lipinski definition) is 4. The molecule has 0 amide bonds. The minimum atomic E-state index is -0.713. The fourth-order valence-corrected chi connectivity index (χ4v) is 2.76. The van der Waals surface area contributed by atoms with Gasteiger partial charge in [0.2, 0.25) is 0 Å². The number of halogens is 1. The van der Waals surface area contributed by atoms with E-state index in [-0.39, 0.29) is 10.6 Å². The summed E-state index contributed by atoms with van der Waals surface area (Å²) in [4.78, 5) is 11.9. The molecule has 0 atom stereocenters. The number of rotatable bonds is 4. The van der Waals surface area contributed by atoms with Crippen LogP contribution in [0.4, 0.5) is 5.69 Å². The molecule has 0 bridgehead atoms. The molecule has 1 aromatic rings. The van der Waals surface area contributed by atoms with Gasteiger partial charge < -0.3 is 10.4 Å². The van der Waals surface area contributed by atoms with E-state index in [2.05, 4.69) is 17.3 Å². The maximum Gasteiger partial charge on any atom is 0.287 e. The van der Waals surface area contributed by atoms with Gasteiger partial charge >= 0.3 is 0 Å². The molecule has 6 heteroatoms. The molecule has 1 aliphatic rings. The van der Waals surface area contributed by atoms with E-state index in [1.807, 2.05) is 6.92 Å². The van der Waals surface area contributed by atoms with Crippen LogP contribution in [-0.4, -0.2) is 27.0 Å². The van der Waals surface area contributed by atoms with Gasteiger partial charge in [-0.3, -0.25) is 4.79 Å². The summed E-state index contributed by atoms with van der Waals surface area (Å²) in [5, 5.41) is 17.7. The van der Waals surface area contributed by atoms with Crippen molar-refractivity contribution < 1.29 is 5.11 Å². The van der Waals surface area contributed by atoms with Crippen LogP contribution in [0.5, 0.6) is 0 Å². The van der Waals surface area contributed by atoms with Crippen LogP contribution in [0.3, 0.4) is 0 Å². The Hall–Kier alpha value is -1.07. The molecule has 0 aromatic carbocycles. The molecule has 112 valence electrons. The molecular formula is C14H22ClN3O2. The molecular weight excluding hydrogens is 278 g/mol. The Kier molecular flexibility index (Phi) is 4.70. The number of nitrogens with zero attached hydrogens (tertiary/aromatic N) is 2. The van der Waals surface area contributed by atoms with Crippen LogP contribution in [0.2, 0.25) is 5.02 Å². The van der Waals surface area contributed by atoms with E-state index in [1.54, 1.807) is 6.20 Å².